The molecule has 8 rings (SSSR count). The zero-order chi connectivity index (χ0) is 30.1. The molecule has 0 atom stereocenters. The lowest BCUT2D eigenvalue weighted by molar-refractivity contribution is 0.670. The van der Waals surface area contributed by atoms with Crippen LogP contribution in [0.25, 0.3) is 76.9 Å². The molecule has 0 aliphatic heterocycles. The summed E-state index contributed by atoms with van der Waals surface area (Å²) in [6.07, 6.45) is 0. The highest BCUT2D eigenvalue weighted by molar-refractivity contribution is 6.24. The summed E-state index contributed by atoms with van der Waals surface area (Å²) in [5.41, 5.74) is 6.44. The van der Waals surface area contributed by atoms with Gasteiger partial charge >= 0.3 is 0 Å². The minimum absolute atomic E-state index is 0.200. The average Bonchev–Trinajstić information content (AvgIpc) is 3.45. The third-order valence-electron chi connectivity index (χ3n) is 7.56. The Morgan fingerprint density at radius 1 is 0.410 bits per heavy atom. The Kier molecular flexibility index (Phi) is 3.89. The van der Waals surface area contributed by atoms with Crippen molar-refractivity contribution >= 4 is 43.5 Å². The Morgan fingerprint density at radius 3 is 1.64 bits per heavy atom. The van der Waals surface area contributed by atoms with Gasteiger partial charge in [0.25, 0.3) is 0 Å². The summed E-state index contributed by atoms with van der Waals surface area (Å²) < 4.78 is 49.3. The molecule has 8 aromatic rings. The lowest BCUT2D eigenvalue weighted by Crippen LogP contribution is -1.93. The van der Waals surface area contributed by atoms with Crippen LogP contribution in [0.3, 0.4) is 0 Å². The summed E-state index contributed by atoms with van der Waals surface area (Å²) >= 11 is 0. The van der Waals surface area contributed by atoms with Gasteiger partial charge in [0.15, 0.2) is 0 Å². The van der Waals surface area contributed by atoms with Crippen molar-refractivity contribution in [3.05, 3.63) is 145 Å². The molecule has 1 aromatic heterocycles. The predicted octanol–water partition coefficient (Wildman–Crippen LogP) is 10.9. The Hall–Kier alpha value is -5.14. The summed E-state index contributed by atoms with van der Waals surface area (Å²) in [6.45, 7) is 0. The van der Waals surface area contributed by atoms with E-state index in [4.69, 9.17) is 11.3 Å². The molecule has 0 aliphatic carbocycles. The molecular formula is C38H24O. The summed E-state index contributed by atoms with van der Waals surface area (Å²) in [4.78, 5) is 0. The number of para-hydroxylation sites is 1. The smallest absolute Gasteiger partial charge is 0.143 e. The molecule has 7 aromatic carbocycles. The molecule has 0 saturated carbocycles. The molecule has 0 radical (unpaired) electrons. The van der Waals surface area contributed by atoms with Gasteiger partial charge < -0.3 is 4.42 Å². The second kappa shape index (κ2) is 8.72. The fourth-order valence-corrected chi connectivity index (χ4v) is 5.95. The van der Waals surface area contributed by atoms with E-state index in [2.05, 4.69) is 30.3 Å². The molecule has 1 nitrogen and oxygen atoms in total. The zero-order valence-electron chi connectivity index (χ0n) is 25.9. The number of benzene rings is 7. The van der Waals surface area contributed by atoms with Crippen LogP contribution >= 0.6 is 0 Å². The topological polar surface area (TPSA) is 13.1 Å². The van der Waals surface area contributed by atoms with Crippen molar-refractivity contribution in [2.45, 2.75) is 0 Å². The van der Waals surface area contributed by atoms with Gasteiger partial charge in [-0.3, -0.25) is 0 Å². The Labute approximate surface area is 233 Å². The van der Waals surface area contributed by atoms with Crippen LogP contribution in [0.5, 0.6) is 0 Å². The van der Waals surface area contributed by atoms with E-state index in [0.717, 1.165) is 65.7 Å². The second-order valence-electron chi connectivity index (χ2n) is 9.67. The van der Waals surface area contributed by atoms with Crippen LogP contribution in [0.4, 0.5) is 0 Å². The van der Waals surface area contributed by atoms with Gasteiger partial charge in [0.2, 0.25) is 0 Å². The number of hydrogen-bond donors (Lipinski definition) is 0. The molecule has 0 saturated heterocycles. The van der Waals surface area contributed by atoms with Crippen LogP contribution in [0.2, 0.25) is 0 Å². The van der Waals surface area contributed by atoms with Crippen molar-refractivity contribution in [1.82, 2.24) is 0 Å². The molecule has 0 spiro atoms. The molecule has 1 heterocycles. The molecule has 0 N–H and O–H groups in total. The van der Waals surface area contributed by atoms with E-state index in [1.54, 1.807) is 0 Å². The molecule has 0 unspecified atom stereocenters. The first kappa shape index (κ1) is 17.4. The molecule has 0 aliphatic rings. The van der Waals surface area contributed by atoms with E-state index >= 15 is 0 Å². The van der Waals surface area contributed by atoms with Crippen molar-refractivity contribution in [3.8, 4) is 33.4 Å². The van der Waals surface area contributed by atoms with E-state index in [0.29, 0.717) is 5.56 Å². The van der Waals surface area contributed by atoms with Gasteiger partial charge in [-0.2, -0.15) is 0 Å². The molecular weight excluding hydrogens is 472 g/mol. The molecule has 0 amide bonds. The maximum Gasteiger partial charge on any atom is 0.143 e. The molecule has 1 heteroatoms. The van der Waals surface area contributed by atoms with Crippen LogP contribution in [-0.4, -0.2) is 0 Å². The highest BCUT2D eigenvalue weighted by atomic mass is 16.3. The number of hydrogen-bond acceptors (Lipinski definition) is 1. The van der Waals surface area contributed by atoms with Crippen molar-refractivity contribution in [3.63, 3.8) is 0 Å². The highest BCUT2D eigenvalue weighted by Crippen LogP contribution is 2.48. The lowest BCUT2D eigenvalue weighted by Gasteiger charge is -2.20. The number of fused-ring (bicyclic) bond motifs is 5. The minimum atomic E-state index is -0.402. The van der Waals surface area contributed by atoms with Gasteiger partial charge in [-0.05, 0) is 61.5 Å². The summed E-state index contributed by atoms with van der Waals surface area (Å²) in [5.74, 6) is 0. The van der Waals surface area contributed by atoms with Crippen molar-refractivity contribution in [2.75, 3.05) is 0 Å². The Balaban J connectivity index is 1.58. The Morgan fingerprint density at radius 2 is 0.974 bits per heavy atom. The van der Waals surface area contributed by atoms with E-state index in [-0.39, 0.29) is 29.7 Å². The van der Waals surface area contributed by atoms with Gasteiger partial charge in [-0.1, -0.05) is 133 Å². The molecule has 0 bridgehead atoms. The second-order valence-corrected chi connectivity index (χ2v) is 9.67. The minimum Gasteiger partial charge on any atom is -0.455 e. The Bertz CT molecular complexity index is 2360. The van der Waals surface area contributed by atoms with Crippen molar-refractivity contribution in [1.29, 1.82) is 0 Å². The van der Waals surface area contributed by atoms with E-state index < -0.39 is 6.04 Å². The zero-order valence-corrected chi connectivity index (χ0v) is 20.9. The number of rotatable bonds is 3. The normalized spacial score (nSPS) is 13.4. The average molecular weight is 502 g/mol. The first-order valence-electron chi connectivity index (χ1n) is 15.5. The first-order chi connectivity index (χ1) is 21.5. The maximum atomic E-state index is 8.85. The summed E-state index contributed by atoms with van der Waals surface area (Å²) in [5, 5.41) is 5.54. The molecule has 182 valence electrons. The van der Waals surface area contributed by atoms with Crippen LogP contribution in [0.1, 0.15) is 6.85 Å². The fourth-order valence-electron chi connectivity index (χ4n) is 5.95. The predicted molar refractivity (Wildman–Crippen MR) is 165 cm³/mol. The van der Waals surface area contributed by atoms with Gasteiger partial charge in [0, 0.05) is 16.3 Å². The van der Waals surface area contributed by atoms with E-state index in [1.807, 2.05) is 84.9 Å². The van der Waals surface area contributed by atoms with Crippen molar-refractivity contribution < 1.29 is 11.3 Å². The summed E-state index contributed by atoms with van der Waals surface area (Å²) in [7, 11) is 0. The third kappa shape index (κ3) is 3.34. The monoisotopic (exact) mass is 501 g/mol. The van der Waals surface area contributed by atoms with Crippen molar-refractivity contribution in [2.24, 2.45) is 0 Å². The van der Waals surface area contributed by atoms with Crippen LogP contribution < -0.4 is 0 Å². The van der Waals surface area contributed by atoms with Crippen LogP contribution in [-0.2, 0) is 0 Å². The van der Waals surface area contributed by atoms with E-state index in [9.17, 15) is 0 Å². The fraction of sp³-hybridized carbons (Fsp3) is 0. The largest absolute Gasteiger partial charge is 0.455 e. The van der Waals surface area contributed by atoms with Gasteiger partial charge in [0.05, 0.1) is 6.85 Å². The lowest BCUT2D eigenvalue weighted by atomic mass is 9.83. The quantitative estimate of drug-likeness (QED) is 0.219. The van der Waals surface area contributed by atoms with Gasteiger partial charge in [-0.25, -0.2) is 0 Å². The summed E-state index contributed by atoms with van der Waals surface area (Å²) in [6, 6.07) is 36.9. The van der Waals surface area contributed by atoms with Gasteiger partial charge in [0.1, 0.15) is 11.2 Å². The van der Waals surface area contributed by atoms with Gasteiger partial charge in [-0.15, -0.1) is 0 Å². The van der Waals surface area contributed by atoms with Crippen LogP contribution in [0, 0.1) is 0 Å². The SMILES string of the molecule is [2H]c1c([2H])c([2H])c(-c2c3ccccc3c(-c3ccc4c(oc5ccccc54)c3-c3ccccc3)c3ccccc23)c([2H])c1[2H]. The van der Waals surface area contributed by atoms with E-state index in [1.165, 1.54) is 0 Å². The van der Waals surface area contributed by atoms with Crippen LogP contribution in [0.15, 0.2) is 150 Å². The third-order valence-corrected chi connectivity index (χ3v) is 7.56. The molecule has 0 fully saturated rings. The highest BCUT2D eigenvalue weighted by Gasteiger charge is 2.22. The number of furan rings is 1. The standard InChI is InChI=1S/C38H24O/c1-3-13-25(14-4-1)35-28-18-7-9-20-30(28)37(31-21-10-8-19-29(31)35)33-24-23-32-27-17-11-12-22-34(27)39-38(32)36(33)26-15-5-2-6-16-26/h1-24H/i1D,3D,4D,13D,14D. The molecule has 39 heavy (non-hydrogen) atoms. The maximum absolute atomic E-state index is 8.85. The first-order valence-corrected chi connectivity index (χ1v) is 13.0.